The molecule has 4 N–H and O–H groups in total. The summed E-state index contributed by atoms with van der Waals surface area (Å²) in [6, 6.07) is 1.92. The first-order valence-electron chi connectivity index (χ1n) is 5.62. The van der Waals surface area contributed by atoms with Crippen molar-refractivity contribution in [3.05, 3.63) is 18.5 Å². The van der Waals surface area contributed by atoms with Gasteiger partial charge in [0.25, 0.3) is 0 Å². The van der Waals surface area contributed by atoms with E-state index < -0.39 is 0 Å². The van der Waals surface area contributed by atoms with E-state index in [9.17, 15) is 4.79 Å². The highest BCUT2D eigenvalue weighted by molar-refractivity contribution is 5.76. The van der Waals surface area contributed by atoms with Crippen LogP contribution in [0.25, 0.3) is 0 Å². The SMILES string of the molecule is NC(=O)CN1CCN(c2ccncc2N)CC1. The van der Waals surface area contributed by atoms with Crippen LogP contribution in [0.15, 0.2) is 18.5 Å². The second kappa shape index (κ2) is 5.01. The van der Waals surface area contributed by atoms with Gasteiger partial charge in [-0.05, 0) is 6.07 Å². The minimum absolute atomic E-state index is 0.276. The summed E-state index contributed by atoms with van der Waals surface area (Å²) >= 11 is 0. The number of nitrogens with zero attached hydrogens (tertiary/aromatic N) is 3. The molecule has 17 heavy (non-hydrogen) atoms. The molecule has 1 aliphatic rings. The fraction of sp³-hybridized carbons (Fsp3) is 0.455. The maximum Gasteiger partial charge on any atom is 0.231 e. The smallest absolute Gasteiger partial charge is 0.231 e. The van der Waals surface area contributed by atoms with Gasteiger partial charge in [-0.2, -0.15) is 0 Å². The molecule has 0 radical (unpaired) electrons. The molecule has 1 amide bonds. The summed E-state index contributed by atoms with van der Waals surface area (Å²) in [4.78, 5) is 19.0. The van der Waals surface area contributed by atoms with Crippen molar-refractivity contribution < 1.29 is 4.79 Å². The van der Waals surface area contributed by atoms with E-state index in [1.807, 2.05) is 6.07 Å². The van der Waals surface area contributed by atoms with E-state index in [4.69, 9.17) is 11.5 Å². The number of piperazine rings is 1. The van der Waals surface area contributed by atoms with Gasteiger partial charge in [0, 0.05) is 32.4 Å². The molecule has 0 spiro atoms. The lowest BCUT2D eigenvalue weighted by atomic mass is 10.2. The van der Waals surface area contributed by atoms with E-state index in [1.54, 1.807) is 12.4 Å². The molecule has 6 heteroatoms. The van der Waals surface area contributed by atoms with Gasteiger partial charge in [-0.15, -0.1) is 0 Å². The molecule has 0 unspecified atom stereocenters. The number of carbonyl (C=O) groups excluding carboxylic acids is 1. The van der Waals surface area contributed by atoms with Gasteiger partial charge >= 0.3 is 0 Å². The lowest BCUT2D eigenvalue weighted by Gasteiger charge is -2.35. The number of nitrogen functional groups attached to an aromatic ring is 1. The third-order valence-electron chi connectivity index (χ3n) is 2.92. The van der Waals surface area contributed by atoms with E-state index in [0.717, 1.165) is 31.9 Å². The van der Waals surface area contributed by atoms with Crippen LogP contribution in [0.5, 0.6) is 0 Å². The first-order valence-corrected chi connectivity index (χ1v) is 5.62. The van der Waals surface area contributed by atoms with Crippen molar-refractivity contribution in [3.63, 3.8) is 0 Å². The van der Waals surface area contributed by atoms with E-state index >= 15 is 0 Å². The standard InChI is InChI=1S/C11H17N5O/c12-9-7-14-2-1-10(9)16-5-3-15(4-6-16)8-11(13)17/h1-2,7H,3-6,8,12H2,(H2,13,17). The number of aromatic nitrogens is 1. The largest absolute Gasteiger partial charge is 0.396 e. The summed E-state index contributed by atoms with van der Waals surface area (Å²) in [6.45, 7) is 3.68. The summed E-state index contributed by atoms with van der Waals surface area (Å²) in [7, 11) is 0. The van der Waals surface area contributed by atoms with Crippen molar-refractivity contribution in [2.45, 2.75) is 0 Å². The van der Waals surface area contributed by atoms with Gasteiger partial charge in [-0.1, -0.05) is 0 Å². The van der Waals surface area contributed by atoms with Crippen LogP contribution in [-0.4, -0.2) is 48.5 Å². The number of carbonyl (C=O) groups is 1. The fourth-order valence-electron chi connectivity index (χ4n) is 2.05. The van der Waals surface area contributed by atoms with Crippen LogP contribution >= 0.6 is 0 Å². The quantitative estimate of drug-likeness (QED) is 0.721. The number of amides is 1. The third kappa shape index (κ3) is 2.85. The van der Waals surface area contributed by atoms with Crippen LogP contribution in [-0.2, 0) is 4.79 Å². The number of rotatable bonds is 3. The number of primary amides is 1. The average Bonchev–Trinajstić information content (AvgIpc) is 2.30. The van der Waals surface area contributed by atoms with Gasteiger partial charge in [-0.25, -0.2) is 0 Å². The molecule has 92 valence electrons. The molecule has 0 atom stereocenters. The van der Waals surface area contributed by atoms with Crippen molar-refractivity contribution in [1.29, 1.82) is 0 Å². The van der Waals surface area contributed by atoms with Crippen molar-refractivity contribution in [2.75, 3.05) is 43.4 Å². The van der Waals surface area contributed by atoms with Crippen LogP contribution in [0.1, 0.15) is 0 Å². The highest BCUT2D eigenvalue weighted by Gasteiger charge is 2.19. The molecule has 2 heterocycles. The van der Waals surface area contributed by atoms with E-state index in [2.05, 4.69) is 14.8 Å². The number of hydrogen-bond donors (Lipinski definition) is 2. The van der Waals surface area contributed by atoms with E-state index in [-0.39, 0.29) is 5.91 Å². The Balaban J connectivity index is 1.95. The Morgan fingerprint density at radius 2 is 2.06 bits per heavy atom. The molecule has 0 saturated carbocycles. The van der Waals surface area contributed by atoms with Gasteiger partial charge in [0.1, 0.15) is 0 Å². The summed E-state index contributed by atoms with van der Waals surface area (Å²) in [6.07, 6.45) is 3.40. The topological polar surface area (TPSA) is 88.5 Å². The Hall–Kier alpha value is -1.82. The van der Waals surface area contributed by atoms with Crippen molar-refractivity contribution in [1.82, 2.24) is 9.88 Å². The Bertz CT molecular complexity index is 401. The summed E-state index contributed by atoms with van der Waals surface area (Å²) < 4.78 is 0. The molecule has 2 rings (SSSR count). The van der Waals surface area contributed by atoms with Gasteiger partial charge in [0.05, 0.1) is 24.1 Å². The highest BCUT2D eigenvalue weighted by atomic mass is 16.1. The van der Waals surface area contributed by atoms with Crippen LogP contribution < -0.4 is 16.4 Å². The van der Waals surface area contributed by atoms with Gasteiger partial charge in [-0.3, -0.25) is 14.7 Å². The Kier molecular flexibility index (Phi) is 3.43. The second-order valence-corrected chi connectivity index (χ2v) is 4.16. The molecule has 1 aliphatic heterocycles. The molecule has 0 bridgehead atoms. The molecular weight excluding hydrogens is 218 g/mol. The molecule has 1 fully saturated rings. The molecule has 0 aliphatic carbocycles. The molecule has 1 aromatic heterocycles. The second-order valence-electron chi connectivity index (χ2n) is 4.16. The van der Waals surface area contributed by atoms with E-state index in [1.165, 1.54) is 0 Å². The van der Waals surface area contributed by atoms with E-state index in [0.29, 0.717) is 12.2 Å². The zero-order chi connectivity index (χ0) is 12.3. The normalized spacial score (nSPS) is 17.1. The first kappa shape index (κ1) is 11.7. The summed E-state index contributed by atoms with van der Waals surface area (Å²) in [5, 5.41) is 0. The van der Waals surface area contributed by atoms with Gasteiger partial charge in [0.15, 0.2) is 0 Å². The molecule has 6 nitrogen and oxygen atoms in total. The zero-order valence-electron chi connectivity index (χ0n) is 9.67. The van der Waals surface area contributed by atoms with Crippen LogP contribution in [0, 0.1) is 0 Å². The lowest BCUT2D eigenvalue weighted by Crippen LogP contribution is -2.49. The number of nitrogens with two attached hydrogens (primary N) is 2. The molecule has 0 aromatic carbocycles. The summed E-state index contributed by atoms with van der Waals surface area (Å²) in [5.74, 6) is -0.276. The minimum atomic E-state index is -0.276. The Morgan fingerprint density at radius 3 is 2.65 bits per heavy atom. The maximum absolute atomic E-state index is 10.8. The number of hydrogen-bond acceptors (Lipinski definition) is 5. The van der Waals surface area contributed by atoms with Crippen LogP contribution in [0.3, 0.4) is 0 Å². The van der Waals surface area contributed by atoms with Crippen LogP contribution in [0.4, 0.5) is 11.4 Å². The molecular formula is C11H17N5O. The fourth-order valence-corrected chi connectivity index (χ4v) is 2.05. The predicted octanol–water partition coefficient (Wildman–Crippen LogP) is -0.729. The monoisotopic (exact) mass is 235 g/mol. The summed E-state index contributed by atoms with van der Waals surface area (Å²) in [5.41, 5.74) is 12.7. The van der Waals surface area contributed by atoms with Crippen molar-refractivity contribution in [3.8, 4) is 0 Å². The minimum Gasteiger partial charge on any atom is -0.396 e. The molecule has 1 aromatic rings. The predicted molar refractivity (Wildman–Crippen MR) is 66.5 cm³/mol. The van der Waals surface area contributed by atoms with Gasteiger partial charge in [0.2, 0.25) is 5.91 Å². The average molecular weight is 235 g/mol. The van der Waals surface area contributed by atoms with Gasteiger partial charge < -0.3 is 16.4 Å². The van der Waals surface area contributed by atoms with Crippen LogP contribution in [0.2, 0.25) is 0 Å². The Labute approximate surface area is 100 Å². The van der Waals surface area contributed by atoms with Crippen molar-refractivity contribution >= 4 is 17.3 Å². The molecule has 1 saturated heterocycles. The van der Waals surface area contributed by atoms with Crippen molar-refractivity contribution in [2.24, 2.45) is 5.73 Å². The number of anilines is 2. The lowest BCUT2D eigenvalue weighted by molar-refractivity contribution is -0.119. The maximum atomic E-state index is 10.8. The zero-order valence-corrected chi connectivity index (χ0v) is 9.67. The first-order chi connectivity index (χ1) is 8.16. The Morgan fingerprint density at radius 1 is 1.35 bits per heavy atom. The number of pyridine rings is 1. The highest BCUT2D eigenvalue weighted by Crippen LogP contribution is 2.22. The third-order valence-corrected chi connectivity index (χ3v) is 2.92.